The molecule has 0 heterocycles. The third-order valence-corrected chi connectivity index (χ3v) is 7.13. The van der Waals surface area contributed by atoms with Crippen LogP contribution in [-0.2, 0) is 26.2 Å². The van der Waals surface area contributed by atoms with Crippen LogP contribution >= 0.6 is 0 Å². The molecule has 2 rings (SSSR count). The summed E-state index contributed by atoms with van der Waals surface area (Å²) < 4.78 is 36.9. The maximum Gasteiger partial charge on any atom is 0.242 e. The van der Waals surface area contributed by atoms with E-state index in [-0.39, 0.29) is 37.7 Å². The van der Waals surface area contributed by atoms with E-state index >= 15 is 0 Å². The molecule has 0 aliphatic carbocycles. The van der Waals surface area contributed by atoms with Crippen molar-refractivity contribution in [3.8, 4) is 11.5 Å². The summed E-state index contributed by atoms with van der Waals surface area (Å²) in [5.41, 5.74) is 1.28. The number of carbonyl (C=O) groups excluding carboxylic acids is 2. The molecule has 0 aliphatic heterocycles. The van der Waals surface area contributed by atoms with E-state index in [4.69, 9.17) is 9.47 Å². The van der Waals surface area contributed by atoms with E-state index in [0.29, 0.717) is 30.2 Å². The van der Waals surface area contributed by atoms with Crippen LogP contribution in [0.25, 0.3) is 0 Å². The second-order valence-corrected chi connectivity index (χ2v) is 10.6. The lowest BCUT2D eigenvalue weighted by atomic mass is 10.1. The van der Waals surface area contributed by atoms with Gasteiger partial charge in [-0.2, -0.15) is 0 Å². The number of anilines is 1. The van der Waals surface area contributed by atoms with Crippen molar-refractivity contribution in [1.29, 1.82) is 0 Å². The molecule has 0 saturated carbocycles. The van der Waals surface area contributed by atoms with E-state index < -0.39 is 16.1 Å². The molecule has 2 amide bonds. The molecule has 0 spiro atoms. The van der Waals surface area contributed by atoms with Crippen molar-refractivity contribution in [2.45, 2.75) is 52.1 Å². The highest BCUT2D eigenvalue weighted by atomic mass is 32.2. The average Bonchev–Trinajstić information content (AvgIpc) is 2.89. The lowest BCUT2D eigenvalue weighted by Crippen LogP contribution is -2.49. The minimum Gasteiger partial charge on any atom is -0.497 e. The highest BCUT2D eigenvalue weighted by Crippen LogP contribution is 2.30. The van der Waals surface area contributed by atoms with Gasteiger partial charge in [-0.3, -0.25) is 13.9 Å². The molecule has 0 bridgehead atoms. The molecule has 37 heavy (non-hydrogen) atoms. The molecule has 2 aromatic rings. The van der Waals surface area contributed by atoms with Crippen LogP contribution in [0.1, 0.15) is 45.1 Å². The Balaban J connectivity index is 2.23. The number of ether oxygens (including phenoxy) is 2. The lowest BCUT2D eigenvalue weighted by Gasteiger charge is -2.31. The summed E-state index contributed by atoms with van der Waals surface area (Å²) >= 11 is 0. The minimum absolute atomic E-state index is 0.0783. The monoisotopic (exact) mass is 533 g/mol. The standard InChI is InChI=1S/C27H39N3O6S/c1-6-18-28-27(32)23(7-2)29(20-21-14-16-22(35-3)17-15-21)26(31)13-10-19-30(37(5,33)34)24-11-8-9-12-25(24)36-4/h8-9,11-12,14-17,23H,6-7,10,13,18-20H2,1-5H3,(H,28,32)/t23-/m0/s1. The Kier molecular flexibility index (Phi) is 11.7. The first-order valence-electron chi connectivity index (χ1n) is 12.5. The van der Waals surface area contributed by atoms with Crippen molar-refractivity contribution in [2.75, 3.05) is 37.9 Å². The Bertz CT molecular complexity index is 1120. The Labute approximate surface area is 220 Å². The van der Waals surface area contributed by atoms with Crippen LogP contribution in [0.15, 0.2) is 48.5 Å². The Morgan fingerprint density at radius 1 is 1.00 bits per heavy atom. The number of amides is 2. The van der Waals surface area contributed by atoms with Gasteiger partial charge in [0, 0.05) is 26.1 Å². The molecule has 1 N–H and O–H groups in total. The van der Waals surface area contributed by atoms with Gasteiger partial charge in [0.15, 0.2) is 0 Å². The van der Waals surface area contributed by atoms with Crippen LogP contribution in [0.5, 0.6) is 11.5 Å². The number of para-hydroxylation sites is 2. The van der Waals surface area contributed by atoms with Crippen molar-refractivity contribution in [3.63, 3.8) is 0 Å². The molecular weight excluding hydrogens is 494 g/mol. The van der Waals surface area contributed by atoms with Crippen LogP contribution in [0.2, 0.25) is 0 Å². The van der Waals surface area contributed by atoms with Crippen LogP contribution in [0.4, 0.5) is 5.69 Å². The van der Waals surface area contributed by atoms with Crippen molar-refractivity contribution in [3.05, 3.63) is 54.1 Å². The van der Waals surface area contributed by atoms with E-state index in [9.17, 15) is 18.0 Å². The second-order valence-electron chi connectivity index (χ2n) is 8.70. The number of hydrogen-bond donors (Lipinski definition) is 1. The second kappa shape index (κ2) is 14.5. The first-order chi connectivity index (χ1) is 17.7. The zero-order valence-electron chi connectivity index (χ0n) is 22.4. The molecule has 0 radical (unpaired) electrons. The summed E-state index contributed by atoms with van der Waals surface area (Å²) in [5, 5.41) is 2.90. The predicted molar refractivity (Wildman–Crippen MR) is 145 cm³/mol. The van der Waals surface area contributed by atoms with E-state index in [1.807, 2.05) is 38.1 Å². The average molecular weight is 534 g/mol. The number of methoxy groups -OCH3 is 2. The number of nitrogens with one attached hydrogen (secondary N) is 1. The van der Waals surface area contributed by atoms with Crippen LogP contribution < -0.4 is 19.1 Å². The molecule has 0 aliphatic rings. The van der Waals surface area contributed by atoms with E-state index in [0.717, 1.165) is 18.2 Å². The summed E-state index contributed by atoms with van der Waals surface area (Å²) in [5.74, 6) is 0.714. The fourth-order valence-electron chi connectivity index (χ4n) is 4.03. The number of carbonyl (C=O) groups is 2. The van der Waals surface area contributed by atoms with Crippen LogP contribution in [0, 0.1) is 0 Å². The topological polar surface area (TPSA) is 105 Å². The van der Waals surface area contributed by atoms with Crippen molar-refractivity contribution < 1.29 is 27.5 Å². The van der Waals surface area contributed by atoms with Gasteiger partial charge in [0.2, 0.25) is 21.8 Å². The van der Waals surface area contributed by atoms with Gasteiger partial charge in [0.1, 0.15) is 17.5 Å². The number of hydrogen-bond acceptors (Lipinski definition) is 6. The Hall–Kier alpha value is -3.27. The largest absolute Gasteiger partial charge is 0.497 e. The molecule has 0 unspecified atom stereocenters. The van der Waals surface area contributed by atoms with Crippen molar-refractivity contribution in [2.24, 2.45) is 0 Å². The van der Waals surface area contributed by atoms with Crippen LogP contribution in [-0.4, -0.2) is 64.7 Å². The third kappa shape index (κ3) is 8.66. The Morgan fingerprint density at radius 2 is 1.68 bits per heavy atom. The molecule has 0 saturated heterocycles. The van der Waals surface area contributed by atoms with Crippen LogP contribution in [0.3, 0.4) is 0 Å². The summed E-state index contributed by atoms with van der Waals surface area (Å²) in [7, 11) is -0.552. The first-order valence-corrected chi connectivity index (χ1v) is 14.3. The Morgan fingerprint density at radius 3 is 2.24 bits per heavy atom. The molecule has 0 fully saturated rings. The summed E-state index contributed by atoms with van der Waals surface area (Å²) in [6.45, 7) is 4.72. The number of nitrogens with zero attached hydrogens (tertiary/aromatic N) is 2. The number of sulfonamides is 1. The zero-order valence-corrected chi connectivity index (χ0v) is 23.2. The minimum atomic E-state index is -3.62. The zero-order chi connectivity index (χ0) is 27.4. The molecular formula is C27H39N3O6S. The maximum atomic E-state index is 13.5. The maximum absolute atomic E-state index is 13.5. The first kappa shape index (κ1) is 30.0. The highest BCUT2D eigenvalue weighted by molar-refractivity contribution is 7.92. The van der Waals surface area contributed by atoms with Gasteiger partial charge in [-0.1, -0.05) is 38.1 Å². The normalized spacial score (nSPS) is 11.9. The molecule has 9 nitrogen and oxygen atoms in total. The quantitative estimate of drug-likeness (QED) is 0.375. The SMILES string of the molecule is CCCNC(=O)[C@H](CC)N(Cc1ccc(OC)cc1)C(=O)CCCN(c1ccccc1OC)S(C)(=O)=O. The van der Waals surface area contributed by atoms with Crippen molar-refractivity contribution in [1.82, 2.24) is 10.2 Å². The fraction of sp³-hybridized carbons (Fsp3) is 0.481. The summed E-state index contributed by atoms with van der Waals surface area (Å²) in [6, 6.07) is 13.6. The van der Waals surface area contributed by atoms with Crippen molar-refractivity contribution >= 4 is 27.5 Å². The van der Waals surface area contributed by atoms with Gasteiger partial charge in [-0.15, -0.1) is 0 Å². The molecule has 0 aromatic heterocycles. The summed E-state index contributed by atoms with van der Waals surface area (Å²) in [6.07, 6.45) is 2.72. The van der Waals surface area contributed by atoms with Gasteiger partial charge < -0.3 is 19.7 Å². The van der Waals surface area contributed by atoms with Gasteiger partial charge >= 0.3 is 0 Å². The molecule has 2 aromatic carbocycles. The van der Waals surface area contributed by atoms with E-state index in [1.54, 1.807) is 36.3 Å². The lowest BCUT2D eigenvalue weighted by molar-refractivity contribution is -0.141. The van der Waals surface area contributed by atoms with Gasteiger partial charge in [-0.25, -0.2) is 8.42 Å². The predicted octanol–water partition coefficient (Wildman–Crippen LogP) is 3.58. The molecule has 204 valence electrons. The summed E-state index contributed by atoms with van der Waals surface area (Å²) in [4.78, 5) is 28.0. The number of rotatable bonds is 15. The van der Waals surface area contributed by atoms with E-state index in [2.05, 4.69) is 5.32 Å². The fourth-order valence-corrected chi connectivity index (χ4v) is 5.00. The van der Waals surface area contributed by atoms with E-state index in [1.165, 1.54) is 11.4 Å². The third-order valence-electron chi connectivity index (χ3n) is 5.95. The van der Waals surface area contributed by atoms with Gasteiger partial charge in [0.25, 0.3) is 0 Å². The highest BCUT2D eigenvalue weighted by Gasteiger charge is 2.29. The van der Waals surface area contributed by atoms with Gasteiger partial charge in [0.05, 0.1) is 26.2 Å². The number of benzene rings is 2. The van der Waals surface area contributed by atoms with Gasteiger partial charge in [-0.05, 0) is 49.1 Å². The smallest absolute Gasteiger partial charge is 0.242 e. The molecule has 1 atom stereocenters. The molecule has 10 heteroatoms.